The van der Waals surface area contributed by atoms with Crippen LogP contribution in [0, 0.1) is 0 Å². The standard InChI is InChI=1S/C23H24N4/c1-16-13-18-7-5-6-8-19(18)15-27(16)22-14-21(17-11-12-17)25-23(26-22)24-20-9-3-2-4-10-20/h2-10,14,16-17H,11-13,15H2,1H3,(H,24,25,26)/t16-/m1/s1. The summed E-state index contributed by atoms with van der Waals surface area (Å²) in [6.45, 7) is 3.20. The summed E-state index contributed by atoms with van der Waals surface area (Å²) in [5.74, 6) is 2.33. The van der Waals surface area contributed by atoms with Crippen LogP contribution in [-0.4, -0.2) is 16.0 Å². The third kappa shape index (κ3) is 3.39. The zero-order valence-electron chi connectivity index (χ0n) is 15.6. The Bertz CT molecular complexity index is 950. The third-order valence-electron chi connectivity index (χ3n) is 5.56. The van der Waals surface area contributed by atoms with Gasteiger partial charge in [-0.1, -0.05) is 42.5 Å². The first-order valence-corrected chi connectivity index (χ1v) is 9.81. The molecule has 0 unspecified atom stereocenters. The Balaban J connectivity index is 1.50. The number of rotatable bonds is 4. The van der Waals surface area contributed by atoms with Gasteiger partial charge in [-0.15, -0.1) is 0 Å². The van der Waals surface area contributed by atoms with Crippen molar-refractivity contribution < 1.29 is 0 Å². The van der Waals surface area contributed by atoms with Crippen LogP contribution in [0.3, 0.4) is 0 Å². The molecule has 1 aromatic heterocycles. The molecular formula is C23H24N4. The molecule has 136 valence electrons. The van der Waals surface area contributed by atoms with Crippen molar-refractivity contribution in [3.63, 3.8) is 0 Å². The Kier molecular flexibility index (Phi) is 4.04. The average molecular weight is 356 g/mol. The van der Waals surface area contributed by atoms with Crippen molar-refractivity contribution in [1.29, 1.82) is 0 Å². The molecule has 1 N–H and O–H groups in total. The largest absolute Gasteiger partial charge is 0.349 e. The number of anilines is 3. The maximum Gasteiger partial charge on any atom is 0.229 e. The number of para-hydroxylation sites is 1. The summed E-state index contributed by atoms with van der Waals surface area (Å²) >= 11 is 0. The summed E-state index contributed by atoms with van der Waals surface area (Å²) in [6.07, 6.45) is 3.53. The van der Waals surface area contributed by atoms with E-state index < -0.39 is 0 Å². The van der Waals surface area contributed by atoms with Gasteiger partial charge in [-0.2, -0.15) is 4.98 Å². The molecule has 2 aliphatic rings. The molecule has 4 heteroatoms. The van der Waals surface area contributed by atoms with E-state index in [-0.39, 0.29) is 0 Å². The molecule has 1 aliphatic heterocycles. The summed E-state index contributed by atoms with van der Waals surface area (Å²) in [5.41, 5.74) is 5.05. The van der Waals surface area contributed by atoms with Gasteiger partial charge in [0.1, 0.15) is 5.82 Å². The predicted molar refractivity (Wildman–Crippen MR) is 110 cm³/mol. The highest BCUT2D eigenvalue weighted by molar-refractivity contribution is 5.57. The number of hydrogen-bond donors (Lipinski definition) is 1. The van der Waals surface area contributed by atoms with Gasteiger partial charge in [0.05, 0.1) is 5.69 Å². The van der Waals surface area contributed by atoms with Crippen LogP contribution < -0.4 is 10.2 Å². The molecule has 1 aliphatic carbocycles. The van der Waals surface area contributed by atoms with Crippen molar-refractivity contribution in [2.75, 3.05) is 10.2 Å². The highest BCUT2D eigenvalue weighted by Crippen LogP contribution is 2.41. The van der Waals surface area contributed by atoms with Gasteiger partial charge in [0.25, 0.3) is 0 Å². The monoisotopic (exact) mass is 356 g/mol. The fraction of sp³-hybridized carbons (Fsp3) is 0.304. The predicted octanol–water partition coefficient (Wildman–Crippen LogP) is 5.05. The molecule has 1 atom stereocenters. The maximum atomic E-state index is 4.89. The summed E-state index contributed by atoms with van der Waals surface area (Å²) < 4.78 is 0. The summed E-state index contributed by atoms with van der Waals surface area (Å²) in [6, 6.07) is 21.6. The van der Waals surface area contributed by atoms with Crippen molar-refractivity contribution in [1.82, 2.24) is 9.97 Å². The molecule has 0 amide bonds. The normalized spacial score (nSPS) is 18.9. The lowest BCUT2D eigenvalue weighted by atomic mass is 9.95. The van der Waals surface area contributed by atoms with Crippen molar-refractivity contribution in [3.8, 4) is 0 Å². The zero-order valence-corrected chi connectivity index (χ0v) is 15.6. The minimum Gasteiger partial charge on any atom is -0.349 e. The van der Waals surface area contributed by atoms with Crippen molar-refractivity contribution in [2.45, 2.75) is 44.7 Å². The molecule has 27 heavy (non-hydrogen) atoms. The van der Waals surface area contributed by atoms with Gasteiger partial charge >= 0.3 is 0 Å². The molecule has 5 rings (SSSR count). The van der Waals surface area contributed by atoms with E-state index in [1.807, 2.05) is 30.3 Å². The van der Waals surface area contributed by atoms with E-state index >= 15 is 0 Å². The second kappa shape index (κ2) is 6.69. The molecule has 1 fully saturated rings. The van der Waals surface area contributed by atoms with E-state index in [2.05, 4.69) is 47.5 Å². The number of nitrogens with zero attached hydrogens (tertiary/aromatic N) is 3. The highest BCUT2D eigenvalue weighted by Gasteiger charge is 2.29. The Labute approximate surface area is 160 Å². The number of nitrogens with one attached hydrogen (secondary N) is 1. The van der Waals surface area contributed by atoms with Crippen LogP contribution in [0.1, 0.15) is 42.5 Å². The Morgan fingerprint density at radius 2 is 1.67 bits per heavy atom. The van der Waals surface area contributed by atoms with Gasteiger partial charge in [-0.25, -0.2) is 4.98 Å². The summed E-state index contributed by atoms with van der Waals surface area (Å²) in [5, 5.41) is 3.39. The van der Waals surface area contributed by atoms with Gasteiger partial charge < -0.3 is 10.2 Å². The molecule has 3 aromatic rings. The van der Waals surface area contributed by atoms with Crippen LogP contribution in [-0.2, 0) is 13.0 Å². The average Bonchev–Trinajstić information content (AvgIpc) is 3.53. The van der Waals surface area contributed by atoms with Crippen LogP contribution in [0.2, 0.25) is 0 Å². The Morgan fingerprint density at radius 1 is 0.926 bits per heavy atom. The van der Waals surface area contributed by atoms with Crippen LogP contribution in [0.15, 0.2) is 60.7 Å². The van der Waals surface area contributed by atoms with E-state index in [1.54, 1.807) is 0 Å². The fourth-order valence-electron chi connectivity index (χ4n) is 3.88. The van der Waals surface area contributed by atoms with E-state index in [0.29, 0.717) is 17.9 Å². The minimum atomic E-state index is 0.423. The number of hydrogen-bond acceptors (Lipinski definition) is 4. The van der Waals surface area contributed by atoms with Crippen LogP contribution >= 0.6 is 0 Å². The van der Waals surface area contributed by atoms with Crippen molar-refractivity contribution in [3.05, 3.63) is 77.5 Å². The fourth-order valence-corrected chi connectivity index (χ4v) is 3.88. The van der Waals surface area contributed by atoms with E-state index in [4.69, 9.17) is 9.97 Å². The first kappa shape index (κ1) is 16.3. The third-order valence-corrected chi connectivity index (χ3v) is 5.56. The quantitative estimate of drug-likeness (QED) is 0.710. The molecule has 0 spiro atoms. The Morgan fingerprint density at radius 3 is 2.44 bits per heavy atom. The first-order valence-electron chi connectivity index (χ1n) is 9.81. The molecule has 0 saturated heterocycles. The lowest BCUT2D eigenvalue weighted by Gasteiger charge is -2.36. The lowest BCUT2D eigenvalue weighted by Crippen LogP contribution is -2.39. The van der Waals surface area contributed by atoms with Crippen LogP contribution in [0.4, 0.5) is 17.5 Å². The molecule has 1 saturated carbocycles. The molecule has 0 radical (unpaired) electrons. The van der Waals surface area contributed by atoms with E-state index in [0.717, 1.165) is 24.5 Å². The second-order valence-electron chi connectivity index (χ2n) is 7.69. The maximum absolute atomic E-state index is 4.89. The van der Waals surface area contributed by atoms with Gasteiger partial charge in [0.15, 0.2) is 0 Å². The highest BCUT2D eigenvalue weighted by atomic mass is 15.2. The Hall–Kier alpha value is -2.88. The number of fused-ring (bicyclic) bond motifs is 1. The molecule has 2 aromatic carbocycles. The summed E-state index contributed by atoms with van der Waals surface area (Å²) in [4.78, 5) is 12.1. The van der Waals surface area contributed by atoms with Gasteiger partial charge in [-0.3, -0.25) is 0 Å². The van der Waals surface area contributed by atoms with E-state index in [9.17, 15) is 0 Å². The van der Waals surface area contributed by atoms with Crippen molar-refractivity contribution >= 4 is 17.5 Å². The second-order valence-corrected chi connectivity index (χ2v) is 7.69. The van der Waals surface area contributed by atoms with Gasteiger partial charge in [0, 0.05) is 30.3 Å². The topological polar surface area (TPSA) is 41.1 Å². The number of benzene rings is 2. The van der Waals surface area contributed by atoms with Gasteiger partial charge in [-0.05, 0) is 49.4 Å². The smallest absolute Gasteiger partial charge is 0.229 e. The molecule has 4 nitrogen and oxygen atoms in total. The molecule has 2 heterocycles. The SMILES string of the molecule is C[C@@H]1Cc2ccccc2CN1c1cc(C2CC2)nc(Nc2ccccc2)n1. The minimum absolute atomic E-state index is 0.423. The van der Waals surface area contributed by atoms with Gasteiger partial charge in [0.2, 0.25) is 5.95 Å². The van der Waals surface area contributed by atoms with Crippen molar-refractivity contribution in [2.24, 2.45) is 0 Å². The number of aromatic nitrogens is 2. The van der Waals surface area contributed by atoms with Crippen LogP contribution in [0.5, 0.6) is 0 Å². The van der Waals surface area contributed by atoms with E-state index in [1.165, 1.54) is 29.7 Å². The molecule has 0 bridgehead atoms. The lowest BCUT2D eigenvalue weighted by molar-refractivity contribution is 0.586. The first-order chi connectivity index (χ1) is 13.3. The zero-order chi connectivity index (χ0) is 18.2. The summed E-state index contributed by atoms with van der Waals surface area (Å²) in [7, 11) is 0. The molecular weight excluding hydrogens is 332 g/mol. The van der Waals surface area contributed by atoms with Crippen LogP contribution in [0.25, 0.3) is 0 Å².